The molecule has 0 aromatic rings. The lowest BCUT2D eigenvalue weighted by molar-refractivity contribution is -0.219. The van der Waals surface area contributed by atoms with Gasteiger partial charge in [-0.05, 0) is 24.5 Å². The molecule has 0 amide bonds. The first-order valence-electron chi connectivity index (χ1n) is 16.2. The van der Waals surface area contributed by atoms with Crippen LogP contribution in [0.5, 0.6) is 0 Å². The predicted molar refractivity (Wildman–Crippen MR) is 158 cm³/mol. The summed E-state index contributed by atoms with van der Waals surface area (Å²) in [6.45, 7) is 9.10. The molecule has 232 valence electrons. The Kier molecular flexibility index (Phi) is 9.65. The third-order valence-corrected chi connectivity index (χ3v) is 11.3. The molecule has 4 aliphatic carbocycles. The van der Waals surface area contributed by atoms with Gasteiger partial charge in [-0.25, -0.2) is 0 Å². The average Bonchev–Trinajstić information content (AvgIpc) is 3.36. The number of aliphatic hydroxyl groups is 4. The Morgan fingerprint density at radius 2 is 1.54 bits per heavy atom. The molecule has 7 nitrogen and oxygen atoms in total. The number of carbonyl (C=O) groups is 2. The van der Waals surface area contributed by atoms with Crippen LogP contribution in [0.25, 0.3) is 0 Å². The van der Waals surface area contributed by atoms with Gasteiger partial charge in [0.25, 0.3) is 0 Å². The van der Waals surface area contributed by atoms with Crippen LogP contribution >= 0.6 is 0 Å². The Morgan fingerprint density at radius 1 is 0.976 bits per heavy atom. The summed E-state index contributed by atoms with van der Waals surface area (Å²) >= 11 is 0. The quantitative estimate of drug-likeness (QED) is 0.128. The molecule has 41 heavy (non-hydrogen) atoms. The summed E-state index contributed by atoms with van der Waals surface area (Å²) in [6, 6.07) is 0. The van der Waals surface area contributed by atoms with Crippen molar-refractivity contribution in [3.05, 3.63) is 23.3 Å². The first-order chi connectivity index (χ1) is 19.3. The third kappa shape index (κ3) is 5.27. The van der Waals surface area contributed by atoms with E-state index >= 15 is 0 Å². The monoisotopic (exact) mass is 574 g/mol. The van der Waals surface area contributed by atoms with Gasteiger partial charge in [-0.2, -0.15) is 0 Å². The Bertz CT molecular complexity index is 1050. The van der Waals surface area contributed by atoms with Crippen LogP contribution < -0.4 is 0 Å². The number of hydrogen-bond donors (Lipinski definition) is 4. The number of carbonyl (C=O) groups excluding carboxylic acids is 2. The number of unbranched alkanes of at least 4 members (excludes halogenated alkanes) is 10. The first kappa shape index (κ1) is 32.4. The van der Waals surface area contributed by atoms with Crippen molar-refractivity contribution in [2.45, 2.75) is 141 Å². The predicted octanol–water partition coefficient (Wildman–Crippen LogP) is 5.18. The first-order valence-corrected chi connectivity index (χ1v) is 16.2. The molecular weight excluding hydrogens is 520 g/mol. The molecule has 7 heteroatoms. The Balaban J connectivity index is 1.41. The topological polar surface area (TPSA) is 124 Å². The molecule has 2 saturated carbocycles. The lowest BCUT2D eigenvalue weighted by atomic mass is 9.59. The third-order valence-electron chi connectivity index (χ3n) is 11.3. The van der Waals surface area contributed by atoms with Crippen LogP contribution in [-0.2, 0) is 14.3 Å². The number of fused-ring (bicyclic) bond motifs is 5. The molecule has 4 aliphatic rings. The zero-order chi connectivity index (χ0) is 30.2. The normalized spacial score (nSPS) is 38.8. The van der Waals surface area contributed by atoms with E-state index in [0.717, 1.165) is 19.3 Å². The molecule has 4 N–H and O–H groups in total. The minimum Gasteiger partial charge on any atom is -0.455 e. The highest BCUT2D eigenvalue weighted by Gasteiger charge is 2.86. The van der Waals surface area contributed by atoms with Gasteiger partial charge >= 0.3 is 5.97 Å². The highest BCUT2D eigenvalue weighted by atomic mass is 16.6. The molecule has 0 radical (unpaired) electrons. The molecular formula is C34H54O7. The van der Waals surface area contributed by atoms with Crippen LogP contribution in [0.2, 0.25) is 0 Å². The molecule has 1 unspecified atom stereocenters. The molecule has 0 spiro atoms. The van der Waals surface area contributed by atoms with E-state index in [9.17, 15) is 30.0 Å². The molecule has 2 fully saturated rings. The average molecular weight is 575 g/mol. The summed E-state index contributed by atoms with van der Waals surface area (Å²) in [5.74, 6) is -3.60. The molecule has 0 saturated heterocycles. The van der Waals surface area contributed by atoms with Crippen molar-refractivity contribution in [2.75, 3.05) is 6.61 Å². The second-order valence-corrected chi connectivity index (χ2v) is 14.1. The number of ether oxygens (including phenoxy) is 1. The maximum absolute atomic E-state index is 13.1. The fourth-order valence-corrected chi connectivity index (χ4v) is 8.84. The summed E-state index contributed by atoms with van der Waals surface area (Å²) in [7, 11) is 0. The van der Waals surface area contributed by atoms with E-state index in [2.05, 4.69) is 6.92 Å². The molecule has 0 aromatic heterocycles. The van der Waals surface area contributed by atoms with Crippen LogP contribution in [-0.4, -0.2) is 61.7 Å². The number of esters is 1. The summed E-state index contributed by atoms with van der Waals surface area (Å²) in [4.78, 5) is 26.2. The van der Waals surface area contributed by atoms with Crippen LogP contribution in [0.4, 0.5) is 0 Å². The molecule has 0 heterocycles. The van der Waals surface area contributed by atoms with Gasteiger partial charge in [0.2, 0.25) is 0 Å². The van der Waals surface area contributed by atoms with E-state index < -0.39 is 57.8 Å². The maximum Gasteiger partial charge on any atom is 0.306 e. The molecule has 8 atom stereocenters. The van der Waals surface area contributed by atoms with Gasteiger partial charge in [0.15, 0.2) is 5.78 Å². The largest absolute Gasteiger partial charge is 0.455 e. The lowest BCUT2D eigenvalue weighted by Crippen LogP contribution is -2.65. The van der Waals surface area contributed by atoms with Crippen molar-refractivity contribution in [3.8, 4) is 0 Å². The van der Waals surface area contributed by atoms with E-state index in [4.69, 9.17) is 4.74 Å². The zero-order valence-corrected chi connectivity index (χ0v) is 26.0. The van der Waals surface area contributed by atoms with Crippen LogP contribution in [0.1, 0.15) is 118 Å². The molecule has 0 aliphatic heterocycles. The Morgan fingerprint density at radius 3 is 2.10 bits per heavy atom. The van der Waals surface area contributed by atoms with Crippen LogP contribution in [0.3, 0.4) is 0 Å². The summed E-state index contributed by atoms with van der Waals surface area (Å²) in [6.07, 6.45) is 15.5. The van der Waals surface area contributed by atoms with Gasteiger partial charge in [-0.15, -0.1) is 0 Å². The molecule has 0 bridgehead atoms. The number of Topliss-reactive ketones (excluding diaryl/α,β-unsaturated/α-hetero) is 1. The molecule has 0 aromatic carbocycles. The van der Waals surface area contributed by atoms with E-state index in [0.29, 0.717) is 11.1 Å². The Labute approximate surface area is 246 Å². The number of aliphatic hydroxyl groups excluding tert-OH is 2. The number of rotatable bonds is 14. The van der Waals surface area contributed by atoms with Crippen molar-refractivity contribution in [1.29, 1.82) is 0 Å². The van der Waals surface area contributed by atoms with Gasteiger partial charge in [0.1, 0.15) is 11.2 Å². The maximum atomic E-state index is 13.1. The fraction of sp³-hybridized carbons (Fsp3) is 0.824. The number of ketones is 1. The van der Waals surface area contributed by atoms with Crippen LogP contribution in [0, 0.1) is 29.1 Å². The van der Waals surface area contributed by atoms with Crippen molar-refractivity contribution >= 4 is 11.8 Å². The summed E-state index contributed by atoms with van der Waals surface area (Å²) in [5.41, 5.74) is -4.54. The van der Waals surface area contributed by atoms with Gasteiger partial charge < -0.3 is 25.2 Å². The Hall–Kier alpha value is -1.54. The summed E-state index contributed by atoms with van der Waals surface area (Å²) in [5, 5.41) is 45.9. The van der Waals surface area contributed by atoms with Crippen molar-refractivity contribution in [2.24, 2.45) is 29.1 Å². The van der Waals surface area contributed by atoms with Crippen molar-refractivity contribution < 1.29 is 34.8 Å². The second kappa shape index (κ2) is 12.2. The lowest BCUT2D eigenvalue weighted by Gasteiger charge is -2.52. The van der Waals surface area contributed by atoms with E-state index in [1.165, 1.54) is 51.4 Å². The second-order valence-electron chi connectivity index (χ2n) is 14.1. The van der Waals surface area contributed by atoms with Crippen molar-refractivity contribution in [1.82, 2.24) is 0 Å². The minimum absolute atomic E-state index is 0.0821. The fourth-order valence-electron chi connectivity index (χ4n) is 8.84. The smallest absolute Gasteiger partial charge is 0.306 e. The van der Waals surface area contributed by atoms with Gasteiger partial charge in [-0.3, -0.25) is 9.59 Å². The van der Waals surface area contributed by atoms with E-state index in [1.807, 2.05) is 13.8 Å². The standard InChI is InChI=1S/C34H54O7/c1-6-7-8-9-10-11-12-13-14-15-16-17-27(36)41-34-28(31(34,4)5)25-19-24(21-35)20-32(39)26(18-22(2)29(32)37)33(25,40)23(3)30(34)38/h18-19,23,25-26,28,30,35,38-40H,6-17,20-21H2,1-5H3/t23-,25+,26?,28-,30-,32-,33-,34-/m1/s1. The van der Waals surface area contributed by atoms with Crippen LogP contribution in [0.15, 0.2) is 23.3 Å². The van der Waals surface area contributed by atoms with Gasteiger partial charge in [0.05, 0.1) is 18.3 Å². The SMILES string of the molecule is CCCCCCCCCCCCCC(=O)O[C@@]12[C@H](O)[C@@H](C)[C@]3(O)C4C=C(C)C(=O)[C@@]4(O)CC(CO)=C[C@H]3[C@@H]1C2(C)C. The van der Waals surface area contributed by atoms with Crippen molar-refractivity contribution in [3.63, 3.8) is 0 Å². The van der Waals surface area contributed by atoms with E-state index in [-0.39, 0.29) is 25.4 Å². The number of hydrogen-bond acceptors (Lipinski definition) is 7. The highest BCUT2D eigenvalue weighted by Crippen LogP contribution is 2.76. The van der Waals surface area contributed by atoms with Gasteiger partial charge in [0, 0.05) is 41.9 Å². The van der Waals surface area contributed by atoms with Gasteiger partial charge in [-0.1, -0.05) is 104 Å². The summed E-state index contributed by atoms with van der Waals surface area (Å²) < 4.78 is 6.19. The molecule has 4 rings (SSSR count). The minimum atomic E-state index is -1.89. The zero-order valence-electron chi connectivity index (χ0n) is 26.0. The highest BCUT2D eigenvalue weighted by molar-refractivity contribution is 6.04. The van der Waals surface area contributed by atoms with E-state index in [1.54, 1.807) is 26.0 Å².